The fourth-order valence-corrected chi connectivity index (χ4v) is 7.27. The van der Waals surface area contributed by atoms with E-state index in [1.807, 2.05) is 0 Å². The second kappa shape index (κ2) is 4.48. The van der Waals surface area contributed by atoms with E-state index in [0.29, 0.717) is 5.41 Å². The van der Waals surface area contributed by atoms with E-state index in [2.05, 4.69) is 13.8 Å². The Morgan fingerprint density at radius 2 is 1.55 bits per heavy atom. The van der Waals surface area contributed by atoms with Gasteiger partial charge >= 0.3 is 0 Å². The summed E-state index contributed by atoms with van der Waals surface area (Å²) in [6, 6.07) is 0. The lowest BCUT2D eigenvalue weighted by molar-refractivity contribution is -0.120. The molecule has 4 rings (SSSR count). The molecule has 0 amide bonds. The van der Waals surface area contributed by atoms with Crippen molar-refractivity contribution < 1.29 is 5.11 Å². The van der Waals surface area contributed by atoms with Gasteiger partial charge in [0.05, 0.1) is 6.10 Å². The van der Waals surface area contributed by atoms with E-state index in [1.165, 1.54) is 57.8 Å². The zero-order valence-electron chi connectivity index (χ0n) is 13.4. The number of hydrogen-bond acceptors (Lipinski definition) is 1. The van der Waals surface area contributed by atoms with E-state index in [9.17, 15) is 5.11 Å². The molecule has 1 nitrogen and oxygen atoms in total. The van der Waals surface area contributed by atoms with Crippen molar-refractivity contribution in [3.05, 3.63) is 0 Å². The van der Waals surface area contributed by atoms with Crippen molar-refractivity contribution in [2.24, 2.45) is 34.5 Å². The zero-order valence-corrected chi connectivity index (χ0v) is 13.4. The average Bonchev–Trinajstić information content (AvgIpc) is 2.74. The topological polar surface area (TPSA) is 20.2 Å². The molecule has 0 aromatic carbocycles. The number of aliphatic hydroxyl groups is 1. The predicted octanol–water partition coefficient (Wildman–Crippen LogP) is 4.78. The van der Waals surface area contributed by atoms with Gasteiger partial charge in [-0.3, -0.25) is 0 Å². The molecule has 4 aliphatic rings. The van der Waals surface area contributed by atoms with Crippen molar-refractivity contribution in [2.75, 3.05) is 0 Å². The molecule has 20 heavy (non-hydrogen) atoms. The first-order valence-corrected chi connectivity index (χ1v) is 9.24. The summed E-state index contributed by atoms with van der Waals surface area (Å²) in [5.74, 6) is 3.76. The quantitative estimate of drug-likeness (QED) is 0.675. The fourth-order valence-electron chi connectivity index (χ4n) is 7.27. The molecule has 0 aliphatic heterocycles. The van der Waals surface area contributed by atoms with Gasteiger partial charge in [0.2, 0.25) is 0 Å². The second-order valence-corrected chi connectivity index (χ2v) is 9.04. The average molecular weight is 276 g/mol. The van der Waals surface area contributed by atoms with Gasteiger partial charge in [0, 0.05) is 0 Å². The standard InChI is InChI=1S/C19H32O/c1-18-11-4-3-5-13(18)6-7-14-15-8-9-17(20)19(15,2)12-10-16(14)18/h13-17,20H,3-12H2,1-2H3/t13-,14+,15-,16+,17+,18+,19-/m1/s1. The third kappa shape index (κ3) is 1.65. The van der Waals surface area contributed by atoms with Crippen molar-refractivity contribution in [3.8, 4) is 0 Å². The molecule has 0 bridgehead atoms. The van der Waals surface area contributed by atoms with Crippen molar-refractivity contribution in [2.45, 2.75) is 84.2 Å². The highest BCUT2D eigenvalue weighted by Crippen LogP contribution is 2.66. The first-order chi connectivity index (χ1) is 9.56. The Morgan fingerprint density at radius 1 is 0.750 bits per heavy atom. The molecular formula is C19H32O. The lowest BCUT2D eigenvalue weighted by Crippen LogP contribution is -2.53. The highest BCUT2D eigenvalue weighted by atomic mass is 16.3. The van der Waals surface area contributed by atoms with E-state index in [4.69, 9.17) is 0 Å². The number of hydrogen-bond donors (Lipinski definition) is 1. The highest BCUT2D eigenvalue weighted by Gasteiger charge is 2.59. The minimum absolute atomic E-state index is 0.00895. The summed E-state index contributed by atoms with van der Waals surface area (Å²) in [5, 5.41) is 10.5. The maximum absolute atomic E-state index is 10.5. The summed E-state index contributed by atoms with van der Waals surface area (Å²) in [7, 11) is 0. The third-order valence-electron chi connectivity index (χ3n) is 8.53. The first kappa shape index (κ1) is 13.6. The van der Waals surface area contributed by atoms with Crippen LogP contribution in [-0.2, 0) is 0 Å². The SMILES string of the molecule is C[C@]12CCCC[C@@H]1CC[C@H]1[C@H]3CC[C@H](O)[C@]3(C)CC[C@@H]12. The molecule has 0 heterocycles. The van der Waals surface area contributed by atoms with Gasteiger partial charge in [0.25, 0.3) is 0 Å². The van der Waals surface area contributed by atoms with Gasteiger partial charge in [-0.25, -0.2) is 0 Å². The summed E-state index contributed by atoms with van der Waals surface area (Å²) in [4.78, 5) is 0. The van der Waals surface area contributed by atoms with Crippen LogP contribution < -0.4 is 0 Å². The molecule has 0 aromatic rings. The van der Waals surface area contributed by atoms with Crippen molar-refractivity contribution in [1.29, 1.82) is 0 Å². The zero-order chi connectivity index (χ0) is 14.0. The van der Waals surface area contributed by atoms with Crippen LogP contribution in [0.4, 0.5) is 0 Å². The summed E-state index contributed by atoms with van der Waals surface area (Å²) in [6.45, 7) is 5.04. The van der Waals surface area contributed by atoms with Crippen LogP contribution in [0.2, 0.25) is 0 Å². The molecule has 7 atom stereocenters. The van der Waals surface area contributed by atoms with Crippen LogP contribution in [0, 0.1) is 34.5 Å². The van der Waals surface area contributed by atoms with E-state index in [-0.39, 0.29) is 11.5 Å². The predicted molar refractivity (Wildman–Crippen MR) is 82.4 cm³/mol. The lowest BCUT2D eigenvalue weighted by Gasteiger charge is -2.60. The molecule has 1 heteroatoms. The lowest BCUT2D eigenvalue weighted by atomic mass is 9.45. The molecule has 0 saturated heterocycles. The highest BCUT2D eigenvalue weighted by molar-refractivity contribution is 5.08. The van der Waals surface area contributed by atoms with E-state index in [0.717, 1.165) is 30.1 Å². The minimum Gasteiger partial charge on any atom is -0.393 e. The van der Waals surface area contributed by atoms with Crippen molar-refractivity contribution in [3.63, 3.8) is 0 Å². The van der Waals surface area contributed by atoms with Gasteiger partial charge in [-0.15, -0.1) is 0 Å². The molecule has 4 aliphatic carbocycles. The molecular weight excluding hydrogens is 244 g/mol. The first-order valence-electron chi connectivity index (χ1n) is 9.24. The van der Waals surface area contributed by atoms with Gasteiger partial charge < -0.3 is 5.11 Å². The molecule has 0 aromatic heterocycles. The summed E-state index contributed by atoms with van der Waals surface area (Å²) in [5.41, 5.74) is 0.912. The Bertz CT molecular complexity index is 391. The van der Waals surface area contributed by atoms with Gasteiger partial charge in [0.1, 0.15) is 0 Å². The molecule has 0 spiro atoms. The Morgan fingerprint density at radius 3 is 2.40 bits per heavy atom. The summed E-state index contributed by atoms with van der Waals surface area (Å²) < 4.78 is 0. The van der Waals surface area contributed by atoms with E-state index in [1.54, 1.807) is 0 Å². The third-order valence-corrected chi connectivity index (χ3v) is 8.53. The van der Waals surface area contributed by atoms with Crippen LogP contribution in [0.25, 0.3) is 0 Å². The normalized spacial score (nSPS) is 58.6. The van der Waals surface area contributed by atoms with Crippen molar-refractivity contribution in [1.82, 2.24) is 0 Å². The van der Waals surface area contributed by atoms with E-state index >= 15 is 0 Å². The summed E-state index contributed by atoms with van der Waals surface area (Å²) >= 11 is 0. The van der Waals surface area contributed by atoms with Crippen LogP contribution in [0.15, 0.2) is 0 Å². The molecule has 4 fully saturated rings. The number of rotatable bonds is 0. The van der Waals surface area contributed by atoms with Gasteiger partial charge in [-0.05, 0) is 85.9 Å². The largest absolute Gasteiger partial charge is 0.393 e. The monoisotopic (exact) mass is 276 g/mol. The van der Waals surface area contributed by atoms with Gasteiger partial charge in [-0.1, -0.05) is 26.7 Å². The van der Waals surface area contributed by atoms with Crippen LogP contribution >= 0.6 is 0 Å². The Hall–Kier alpha value is -0.0400. The minimum atomic E-state index is -0.00895. The van der Waals surface area contributed by atoms with Crippen LogP contribution in [0.5, 0.6) is 0 Å². The maximum atomic E-state index is 10.5. The van der Waals surface area contributed by atoms with Gasteiger partial charge in [-0.2, -0.15) is 0 Å². The molecule has 0 radical (unpaired) electrons. The molecule has 0 unspecified atom stereocenters. The van der Waals surface area contributed by atoms with E-state index < -0.39 is 0 Å². The molecule has 114 valence electrons. The smallest absolute Gasteiger partial charge is 0.0596 e. The number of fused-ring (bicyclic) bond motifs is 5. The Kier molecular flexibility index (Phi) is 3.05. The van der Waals surface area contributed by atoms with Crippen LogP contribution in [0.3, 0.4) is 0 Å². The molecule has 4 saturated carbocycles. The van der Waals surface area contributed by atoms with Crippen molar-refractivity contribution >= 4 is 0 Å². The maximum Gasteiger partial charge on any atom is 0.0596 e. The van der Waals surface area contributed by atoms with Crippen LogP contribution in [0.1, 0.15) is 78.1 Å². The Balaban J connectivity index is 1.64. The van der Waals surface area contributed by atoms with Crippen LogP contribution in [-0.4, -0.2) is 11.2 Å². The fraction of sp³-hybridized carbons (Fsp3) is 1.00. The van der Waals surface area contributed by atoms with Gasteiger partial charge in [0.15, 0.2) is 0 Å². The molecule has 1 N–H and O–H groups in total. The number of aliphatic hydroxyl groups excluding tert-OH is 1. The Labute approximate surface area is 124 Å². The second-order valence-electron chi connectivity index (χ2n) is 9.04. The summed E-state index contributed by atoms with van der Waals surface area (Å²) in [6.07, 6.45) is 14.0.